The Kier molecular flexibility index (Phi) is 2.69. The van der Waals surface area contributed by atoms with E-state index in [9.17, 15) is 0 Å². The maximum Gasteiger partial charge on any atom is 0.215 e. The number of aliphatic imine (C=N–C) groups is 1. The zero-order chi connectivity index (χ0) is 8.97. The standard InChI is InChI=1S/C9H11NO2/c1-10-9(12-2)7-3-5-8(11)6-4-7/h3-6,11H,1-2H3. The summed E-state index contributed by atoms with van der Waals surface area (Å²) in [5.41, 5.74) is 0.859. The summed E-state index contributed by atoms with van der Waals surface area (Å²) in [6.45, 7) is 0. The maximum atomic E-state index is 9.00. The average Bonchev–Trinajstić information content (AvgIpc) is 2.10. The van der Waals surface area contributed by atoms with E-state index in [0.29, 0.717) is 5.90 Å². The van der Waals surface area contributed by atoms with Gasteiger partial charge in [0.1, 0.15) is 5.75 Å². The van der Waals surface area contributed by atoms with Crippen LogP contribution in [0.5, 0.6) is 5.75 Å². The third kappa shape index (κ3) is 1.75. The van der Waals surface area contributed by atoms with E-state index in [1.54, 1.807) is 38.4 Å². The zero-order valence-corrected chi connectivity index (χ0v) is 7.11. The highest BCUT2D eigenvalue weighted by Gasteiger charge is 2.00. The van der Waals surface area contributed by atoms with Gasteiger partial charge in [-0.25, -0.2) is 0 Å². The minimum atomic E-state index is 0.241. The van der Waals surface area contributed by atoms with Gasteiger partial charge in [0.15, 0.2) is 0 Å². The summed E-state index contributed by atoms with van der Waals surface area (Å²) in [5.74, 6) is 0.806. The molecule has 0 fully saturated rings. The predicted molar refractivity (Wildman–Crippen MR) is 47.6 cm³/mol. The Hall–Kier alpha value is -1.51. The number of nitrogens with zero attached hydrogens (tertiary/aromatic N) is 1. The van der Waals surface area contributed by atoms with Crippen molar-refractivity contribution in [3.8, 4) is 5.75 Å². The van der Waals surface area contributed by atoms with Crippen LogP contribution in [0.15, 0.2) is 29.3 Å². The monoisotopic (exact) mass is 165 g/mol. The van der Waals surface area contributed by atoms with Gasteiger partial charge < -0.3 is 9.84 Å². The lowest BCUT2D eigenvalue weighted by atomic mass is 10.2. The molecule has 3 heteroatoms. The second-order valence-corrected chi connectivity index (χ2v) is 2.28. The van der Waals surface area contributed by atoms with Gasteiger partial charge in [-0.1, -0.05) is 0 Å². The number of rotatable bonds is 1. The summed E-state index contributed by atoms with van der Waals surface area (Å²) in [5, 5.41) is 9.00. The number of methoxy groups -OCH3 is 1. The lowest BCUT2D eigenvalue weighted by Crippen LogP contribution is -2.02. The van der Waals surface area contributed by atoms with Gasteiger partial charge in [-0.05, 0) is 24.3 Å². The van der Waals surface area contributed by atoms with Crippen molar-refractivity contribution in [1.29, 1.82) is 0 Å². The SMILES string of the molecule is CN=C(OC)c1ccc(O)cc1. The van der Waals surface area contributed by atoms with Crippen molar-refractivity contribution in [1.82, 2.24) is 0 Å². The number of hydrogen-bond donors (Lipinski definition) is 1. The molecule has 12 heavy (non-hydrogen) atoms. The number of hydrogen-bond acceptors (Lipinski definition) is 3. The summed E-state index contributed by atoms with van der Waals surface area (Å²) in [6, 6.07) is 6.70. The first-order chi connectivity index (χ1) is 5.77. The van der Waals surface area contributed by atoms with Crippen LogP contribution >= 0.6 is 0 Å². The predicted octanol–water partition coefficient (Wildman–Crippen LogP) is 1.42. The largest absolute Gasteiger partial charge is 0.508 e. The van der Waals surface area contributed by atoms with Gasteiger partial charge in [0.25, 0.3) is 0 Å². The Balaban J connectivity index is 2.96. The quantitative estimate of drug-likeness (QED) is 0.505. The molecular formula is C9H11NO2. The normalized spacial score (nSPS) is 11.3. The first kappa shape index (κ1) is 8.59. The van der Waals surface area contributed by atoms with Crippen LogP contribution in [0.25, 0.3) is 0 Å². The number of benzene rings is 1. The van der Waals surface area contributed by atoms with E-state index in [-0.39, 0.29) is 5.75 Å². The van der Waals surface area contributed by atoms with Crippen molar-refractivity contribution in [2.24, 2.45) is 4.99 Å². The van der Waals surface area contributed by atoms with E-state index in [1.165, 1.54) is 0 Å². The molecule has 0 amide bonds. The molecule has 0 bridgehead atoms. The van der Waals surface area contributed by atoms with E-state index in [2.05, 4.69) is 4.99 Å². The summed E-state index contributed by atoms with van der Waals surface area (Å²) >= 11 is 0. The molecule has 0 aliphatic carbocycles. The van der Waals surface area contributed by atoms with E-state index in [4.69, 9.17) is 9.84 Å². The minimum absolute atomic E-state index is 0.241. The van der Waals surface area contributed by atoms with Crippen LogP contribution in [-0.2, 0) is 4.74 Å². The average molecular weight is 165 g/mol. The Labute approximate surface area is 71.3 Å². The summed E-state index contributed by atoms with van der Waals surface area (Å²) in [6.07, 6.45) is 0. The van der Waals surface area contributed by atoms with Crippen molar-refractivity contribution in [3.05, 3.63) is 29.8 Å². The van der Waals surface area contributed by atoms with Crippen LogP contribution in [0.1, 0.15) is 5.56 Å². The van der Waals surface area contributed by atoms with Crippen molar-refractivity contribution >= 4 is 5.90 Å². The van der Waals surface area contributed by atoms with Gasteiger partial charge >= 0.3 is 0 Å². The van der Waals surface area contributed by atoms with Gasteiger partial charge in [0.2, 0.25) is 5.90 Å². The fourth-order valence-electron chi connectivity index (χ4n) is 0.942. The molecule has 0 saturated heterocycles. The van der Waals surface area contributed by atoms with Crippen LogP contribution in [0.2, 0.25) is 0 Å². The van der Waals surface area contributed by atoms with Crippen molar-refractivity contribution in [2.75, 3.05) is 14.2 Å². The van der Waals surface area contributed by atoms with E-state index in [0.717, 1.165) is 5.56 Å². The number of ether oxygens (including phenoxy) is 1. The fourth-order valence-corrected chi connectivity index (χ4v) is 0.942. The summed E-state index contributed by atoms with van der Waals surface area (Å²) in [4.78, 5) is 3.92. The molecule has 64 valence electrons. The molecule has 1 aromatic carbocycles. The fraction of sp³-hybridized carbons (Fsp3) is 0.222. The smallest absolute Gasteiger partial charge is 0.215 e. The molecule has 1 N–H and O–H groups in total. The molecule has 0 spiro atoms. The van der Waals surface area contributed by atoms with Crippen molar-refractivity contribution in [2.45, 2.75) is 0 Å². The number of phenols is 1. The summed E-state index contributed by atoms with van der Waals surface area (Å²) < 4.78 is 4.99. The second-order valence-electron chi connectivity index (χ2n) is 2.28. The van der Waals surface area contributed by atoms with Crippen LogP contribution in [0, 0.1) is 0 Å². The Morgan fingerprint density at radius 2 is 1.92 bits per heavy atom. The Morgan fingerprint density at radius 3 is 2.33 bits per heavy atom. The van der Waals surface area contributed by atoms with E-state index >= 15 is 0 Å². The number of aromatic hydroxyl groups is 1. The molecule has 0 radical (unpaired) electrons. The van der Waals surface area contributed by atoms with E-state index in [1.807, 2.05) is 0 Å². The number of phenolic OH excluding ortho intramolecular Hbond substituents is 1. The van der Waals surface area contributed by atoms with Gasteiger partial charge in [-0.15, -0.1) is 0 Å². The van der Waals surface area contributed by atoms with Crippen LogP contribution in [0.3, 0.4) is 0 Å². The highest BCUT2D eigenvalue weighted by Crippen LogP contribution is 2.10. The minimum Gasteiger partial charge on any atom is -0.508 e. The summed E-state index contributed by atoms with van der Waals surface area (Å²) in [7, 11) is 3.22. The highest BCUT2D eigenvalue weighted by molar-refractivity contribution is 5.93. The molecule has 1 aromatic rings. The lowest BCUT2D eigenvalue weighted by molar-refractivity contribution is 0.404. The molecule has 0 atom stereocenters. The van der Waals surface area contributed by atoms with Crippen molar-refractivity contribution < 1.29 is 9.84 Å². The third-order valence-corrected chi connectivity index (χ3v) is 1.51. The van der Waals surface area contributed by atoms with Crippen LogP contribution < -0.4 is 0 Å². The molecule has 1 rings (SSSR count). The van der Waals surface area contributed by atoms with Gasteiger partial charge in [0, 0.05) is 12.6 Å². The zero-order valence-electron chi connectivity index (χ0n) is 7.11. The van der Waals surface area contributed by atoms with Gasteiger partial charge in [0.05, 0.1) is 7.11 Å². The topological polar surface area (TPSA) is 41.8 Å². The first-order valence-electron chi connectivity index (χ1n) is 3.58. The molecule has 3 nitrogen and oxygen atoms in total. The molecule has 0 aliphatic rings. The molecule has 0 heterocycles. The Bertz CT molecular complexity index is 277. The van der Waals surface area contributed by atoms with E-state index < -0.39 is 0 Å². The highest BCUT2D eigenvalue weighted by atomic mass is 16.5. The maximum absolute atomic E-state index is 9.00. The van der Waals surface area contributed by atoms with Gasteiger partial charge in [-0.3, -0.25) is 4.99 Å². The Morgan fingerprint density at radius 1 is 1.33 bits per heavy atom. The second kappa shape index (κ2) is 3.76. The lowest BCUT2D eigenvalue weighted by Gasteiger charge is -2.02. The molecular weight excluding hydrogens is 154 g/mol. The molecule has 0 aliphatic heterocycles. The third-order valence-electron chi connectivity index (χ3n) is 1.51. The molecule has 0 saturated carbocycles. The molecule has 0 aromatic heterocycles. The van der Waals surface area contributed by atoms with Crippen molar-refractivity contribution in [3.63, 3.8) is 0 Å². The van der Waals surface area contributed by atoms with Crippen LogP contribution in [0.4, 0.5) is 0 Å². The molecule has 0 unspecified atom stereocenters. The first-order valence-corrected chi connectivity index (χ1v) is 3.58. The van der Waals surface area contributed by atoms with Crippen LogP contribution in [-0.4, -0.2) is 25.2 Å². The van der Waals surface area contributed by atoms with Gasteiger partial charge in [-0.2, -0.15) is 0 Å².